The van der Waals surface area contributed by atoms with E-state index in [0.29, 0.717) is 34.8 Å². The molecule has 2 N–H and O–H groups in total. The third-order valence-corrected chi connectivity index (χ3v) is 4.47. The maximum atomic E-state index is 12.6. The van der Waals surface area contributed by atoms with Gasteiger partial charge < -0.3 is 19.6 Å². The number of aliphatic hydroxyl groups excluding tert-OH is 1. The van der Waals surface area contributed by atoms with Crippen LogP contribution in [0.5, 0.6) is 17.4 Å². The first kappa shape index (κ1) is 16.3. The van der Waals surface area contributed by atoms with E-state index in [1.807, 2.05) is 19.1 Å². The maximum absolute atomic E-state index is 12.6. The summed E-state index contributed by atoms with van der Waals surface area (Å²) >= 11 is 0. The summed E-state index contributed by atoms with van der Waals surface area (Å²) in [6.45, 7) is 1.66. The normalized spacial score (nSPS) is 12.1. The molecule has 2 aromatic heterocycles. The van der Waals surface area contributed by atoms with Gasteiger partial charge in [0.25, 0.3) is 5.56 Å². The van der Waals surface area contributed by atoms with Crippen molar-refractivity contribution in [2.75, 3.05) is 7.11 Å². The van der Waals surface area contributed by atoms with Crippen LogP contribution in [-0.2, 0) is 13.0 Å². The summed E-state index contributed by atoms with van der Waals surface area (Å²) in [6.07, 6.45) is 1.95. The number of benzene rings is 1. The predicted octanol–water partition coefficient (Wildman–Crippen LogP) is 2.34. The van der Waals surface area contributed by atoms with E-state index in [4.69, 9.17) is 9.47 Å². The maximum Gasteiger partial charge on any atom is 0.258 e. The van der Waals surface area contributed by atoms with Crippen molar-refractivity contribution in [2.24, 2.45) is 0 Å². The van der Waals surface area contributed by atoms with Gasteiger partial charge in [-0.15, -0.1) is 0 Å². The largest absolute Gasteiger partial charge is 0.497 e. The minimum absolute atomic E-state index is 0.163. The van der Waals surface area contributed by atoms with E-state index < -0.39 is 0 Å². The van der Waals surface area contributed by atoms with Crippen LogP contribution in [-0.4, -0.2) is 27.2 Å². The van der Waals surface area contributed by atoms with Gasteiger partial charge in [-0.25, -0.2) is 0 Å². The van der Waals surface area contributed by atoms with Gasteiger partial charge in [-0.3, -0.25) is 9.78 Å². The zero-order chi connectivity index (χ0) is 18.3. The van der Waals surface area contributed by atoms with E-state index in [9.17, 15) is 9.90 Å². The molecule has 4 rings (SSSR count). The molecular weight excluding hydrogens is 334 g/mol. The van der Waals surface area contributed by atoms with E-state index in [2.05, 4.69) is 15.0 Å². The predicted molar refractivity (Wildman–Crippen MR) is 94.6 cm³/mol. The average molecular weight is 351 g/mol. The van der Waals surface area contributed by atoms with Crippen LogP contribution in [0.4, 0.5) is 0 Å². The molecule has 0 amide bonds. The molecular formula is C19H17N3O4. The molecule has 0 fully saturated rings. The summed E-state index contributed by atoms with van der Waals surface area (Å²) in [5.74, 6) is 1.97. The molecule has 1 aliphatic heterocycles. The standard InChI is InChI=1S/C19H17N3O4/c1-10-16-14(12(9-23)8-20-10)7-15-18(24)21-17(22-19(15)26-16)11-3-5-13(25-2)6-4-11/h3-6,8,23H,7,9H2,1-2H3,(H,21,22,24). The molecule has 3 aromatic rings. The number of hydrogen-bond acceptors (Lipinski definition) is 6. The summed E-state index contributed by atoms with van der Waals surface area (Å²) in [4.78, 5) is 24.1. The number of nitrogens with zero attached hydrogens (tertiary/aromatic N) is 2. The highest BCUT2D eigenvalue weighted by molar-refractivity contribution is 5.59. The third-order valence-electron chi connectivity index (χ3n) is 4.47. The number of aliphatic hydroxyl groups is 1. The van der Waals surface area contributed by atoms with Crippen LogP contribution in [0.25, 0.3) is 11.4 Å². The van der Waals surface area contributed by atoms with Gasteiger partial charge in [0.15, 0.2) is 5.75 Å². The summed E-state index contributed by atoms with van der Waals surface area (Å²) < 4.78 is 11.1. The van der Waals surface area contributed by atoms with Crippen molar-refractivity contribution in [1.82, 2.24) is 15.0 Å². The molecule has 0 saturated carbocycles. The molecule has 132 valence electrons. The highest BCUT2D eigenvalue weighted by Gasteiger charge is 2.26. The van der Waals surface area contributed by atoms with E-state index >= 15 is 0 Å². The number of nitrogens with one attached hydrogen (secondary N) is 1. The van der Waals surface area contributed by atoms with E-state index in [-0.39, 0.29) is 18.0 Å². The second kappa shape index (κ2) is 6.27. The minimum Gasteiger partial charge on any atom is -0.497 e. The number of rotatable bonds is 3. The first-order valence-corrected chi connectivity index (χ1v) is 8.14. The first-order valence-electron chi connectivity index (χ1n) is 8.14. The lowest BCUT2D eigenvalue weighted by atomic mass is 9.99. The number of methoxy groups -OCH3 is 1. The fourth-order valence-electron chi connectivity index (χ4n) is 3.02. The van der Waals surface area contributed by atoms with E-state index in [0.717, 1.165) is 16.9 Å². The second-order valence-electron chi connectivity index (χ2n) is 6.04. The van der Waals surface area contributed by atoms with Crippen molar-refractivity contribution >= 4 is 0 Å². The number of aryl methyl sites for hydroxylation is 1. The van der Waals surface area contributed by atoms with Gasteiger partial charge in [0.05, 0.1) is 25.0 Å². The van der Waals surface area contributed by atoms with Crippen molar-refractivity contribution in [2.45, 2.75) is 20.0 Å². The van der Waals surface area contributed by atoms with Crippen molar-refractivity contribution in [3.63, 3.8) is 0 Å². The van der Waals surface area contributed by atoms with Gasteiger partial charge in [-0.2, -0.15) is 4.98 Å². The number of ether oxygens (including phenoxy) is 2. The zero-order valence-electron chi connectivity index (χ0n) is 14.4. The fraction of sp³-hybridized carbons (Fsp3) is 0.211. The van der Waals surface area contributed by atoms with Crippen molar-refractivity contribution in [3.8, 4) is 28.8 Å². The van der Waals surface area contributed by atoms with Crippen LogP contribution in [0, 0.1) is 6.92 Å². The number of H-pyrrole nitrogens is 1. The number of aromatic amines is 1. The lowest BCUT2D eigenvalue weighted by Crippen LogP contribution is -2.21. The number of fused-ring (bicyclic) bond motifs is 2. The van der Waals surface area contributed by atoms with Crippen molar-refractivity contribution < 1.29 is 14.6 Å². The van der Waals surface area contributed by atoms with Gasteiger partial charge in [0, 0.05) is 29.3 Å². The summed E-state index contributed by atoms with van der Waals surface area (Å²) in [5.41, 5.74) is 3.04. The Bertz CT molecular complexity index is 1040. The number of hydrogen-bond donors (Lipinski definition) is 2. The molecule has 0 unspecified atom stereocenters. The van der Waals surface area contributed by atoms with Crippen LogP contribution < -0.4 is 15.0 Å². The van der Waals surface area contributed by atoms with Crippen LogP contribution >= 0.6 is 0 Å². The van der Waals surface area contributed by atoms with Crippen LogP contribution in [0.3, 0.4) is 0 Å². The Morgan fingerprint density at radius 1 is 1.27 bits per heavy atom. The Hall–Kier alpha value is -3.19. The second-order valence-corrected chi connectivity index (χ2v) is 6.04. The molecule has 3 heterocycles. The molecule has 0 aliphatic carbocycles. The molecule has 0 spiro atoms. The molecule has 0 saturated heterocycles. The minimum atomic E-state index is -0.259. The first-order chi connectivity index (χ1) is 12.6. The lowest BCUT2D eigenvalue weighted by molar-refractivity contribution is 0.278. The Morgan fingerprint density at radius 2 is 2.04 bits per heavy atom. The molecule has 1 aromatic carbocycles. The van der Waals surface area contributed by atoms with E-state index in [1.165, 1.54) is 0 Å². The molecule has 0 atom stereocenters. The Kier molecular flexibility index (Phi) is 3.93. The van der Waals surface area contributed by atoms with Gasteiger partial charge in [0.1, 0.15) is 11.6 Å². The smallest absolute Gasteiger partial charge is 0.258 e. The fourth-order valence-corrected chi connectivity index (χ4v) is 3.02. The van der Waals surface area contributed by atoms with Crippen molar-refractivity contribution in [1.29, 1.82) is 0 Å². The van der Waals surface area contributed by atoms with Gasteiger partial charge in [-0.05, 0) is 31.2 Å². The molecule has 26 heavy (non-hydrogen) atoms. The quantitative estimate of drug-likeness (QED) is 0.588. The monoisotopic (exact) mass is 351 g/mol. The average Bonchev–Trinajstić information content (AvgIpc) is 2.67. The number of aromatic nitrogens is 3. The van der Waals surface area contributed by atoms with Crippen molar-refractivity contribution in [3.05, 3.63) is 63.2 Å². The summed E-state index contributed by atoms with van der Waals surface area (Å²) in [6, 6.07) is 7.23. The van der Waals surface area contributed by atoms with Gasteiger partial charge in [0.2, 0.25) is 5.88 Å². The molecule has 0 bridgehead atoms. The summed E-state index contributed by atoms with van der Waals surface area (Å²) in [5, 5.41) is 9.53. The highest BCUT2D eigenvalue weighted by Crippen LogP contribution is 2.37. The molecule has 0 radical (unpaired) electrons. The Labute approximate surface area is 149 Å². The summed E-state index contributed by atoms with van der Waals surface area (Å²) in [7, 11) is 1.59. The highest BCUT2D eigenvalue weighted by atomic mass is 16.5. The van der Waals surface area contributed by atoms with Crippen LogP contribution in [0.15, 0.2) is 35.3 Å². The third kappa shape index (κ3) is 2.62. The lowest BCUT2D eigenvalue weighted by Gasteiger charge is -2.22. The molecule has 7 nitrogen and oxygen atoms in total. The Morgan fingerprint density at radius 3 is 2.73 bits per heavy atom. The zero-order valence-corrected chi connectivity index (χ0v) is 14.4. The van der Waals surface area contributed by atoms with Crippen LogP contribution in [0.1, 0.15) is 22.4 Å². The van der Waals surface area contributed by atoms with E-state index in [1.54, 1.807) is 25.4 Å². The number of pyridine rings is 1. The van der Waals surface area contributed by atoms with Crippen LogP contribution in [0.2, 0.25) is 0 Å². The molecule has 7 heteroatoms. The van der Waals surface area contributed by atoms with Gasteiger partial charge >= 0.3 is 0 Å². The SMILES string of the molecule is COc1ccc(-c2nc3c(c(=O)[nH]2)Cc2c(CO)cnc(C)c2O3)cc1. The van der Waals surface area contributed by atoms with Gasteiger partial charge in [-0.1, -0.05) is 0 Å². The Balaban J connectivity index is 1.80. The molecule has 1 aliphatic rings. The topological polar surface area (TPSA) is 97.3 Å².